The van der Waals surface area contributed by atoms with Crippen molar-refractivity contribution in [2.24, 2.45) is 11.8 Å². The van der Waals surface area contributed by atoms with E-state index in [2.05, 4.69) is 52.8 Å². The van der Waals surface area contributed by atoms with Gasteiger partial charge in [0.2, 0.25) is 0 Å². The van der Waals surface area contributed by atoms with Crippen molar-refractivity contribution in [2.75, 3.05) is 0 Å². The Morgan fingerprint density at radius 1 is 1.21 bits per heavy atom. The molecule has 0 amide bonds. The number of allylic oxidation sites excluding steroid dienone is 2. The van der Waals surface area contributed by atoms with Crippen LogP contribution < -0.4 is 0 Å². The number of fused-ring (bicyclic) bond motifs is 1. The molecule has 1 heteroatoms. The van der Waals surface area contributed by atoms with Crippen LogP contribution in [0.15, 0.2) is 18.2 Å². The molecule has 2 rings (SSSR count). The van der Waals surface area contributed by atoms with Gasteiger partial charge in [0.1, 0.15) is 0 Å². The molecule has 1 nitrogen and oxygen atoms in total. The normalized spacial score (nSPS) is 19.3. The molecule has 0 radical (unpaired) electrons. The Morgan fingerprint density at radius 3 is 2.58 bits per heavy atom. The van der Waals surface area contributed by atoms with Gasteiger partial charge in [0.25, 0.3) is 0 Å². The van der Waals surface area contributed by atoms with Gasteiger partial charge >= 0.3 is 0 Å². The molecule has 104 valence electrons. The number of pyridine rings is 1. The fraction of sp³-hybridized carbons (Fsp3) is 0.611. The van der Waals surface area contributed by atoms with Gasteiger partial charge in [-0.1, -0.05) is 39.8 Å². The van der Waals surface area contributed by atoms with Gasteiger partial charge in [-0.25, -0.2) is 0 Å². The van der Waals surface area contributed by atoms with Crippen molar-refractivity contribution in [1.29, 1.82) is 0 Å². The summed E-state index contributed by atoms with van der Waals surface area (Å²) in [6.07, 6.45) is 6.20. The van der Waals surface area contributed by atoms with Crippen molar-refractivity contribution in [2.45, 2.75) is 59.8 Å². The molecular formula is C18H27N. The lowest BCUT2D eigenvalue weighted by Crippen LogP contribution is -2.02. The minimum Gasteiger partial charge on any atom is -0.253 e. The van der Waals surface area contributed by atoms with Crippen LogP contribution in [-0.2, 0) is 6.42 Å². The Bertz CT molecular complexity index is 469. The molecule has 0 saturated heterocycles. The summed E-state index contributed by atoms with van der Waals surface area (Å²) < 4.78 is 0. The van der Waals surface area contributed by atoms with Gasteiger partial charge in [-0.3, -0.25) is 4.98 Å². The van der Waals surface area contributed by atoms with Crippen LogP contribution >= 0.6 is 0 Å². The summed E-state index contributed by atoms with van der Waals surface area (Å²) in [6, 6.07) is 4.51. The molecule has 0 N–H and O–H groups in total. The van der Waals surface area contributed by atoms with Crippen molar-refractivity contribution in [3.05, 3.63) is 35.2 Å². The summed E-state index contributed by atoms with van der Waals surface area (Å²) in [7, 11) is 0. The van der Waals surface area contributed by atoms with E-state index in [0.29, 0.717) is 5.92 Å². The molecule has 0 aliphatic heterocycles. The van der Waals surface area contributed by atoms with Gasteiger partial charge in [-0.2, -0.15) is 0 Å². The highest BCUT2D eigenvalue weighted by molar-refractivity contribution is 5.64. The first kappa shape index (κ1) is 14.3. The standard InChI is InChI=1S/C18H27N/c1-12(2)10-15-6-7-16-8-9-17(13(3)4)19-18(16)14(5)11-15/h8-9,11-13,15H,6-7,10H2,1-5H3. The molecule has 1 aromatic heterocycles. The maximum absolute atomic E-state index is 4.90. The lowest BCUT2D eigenvalue weighted by molar-refractivity contribution is 0.454. The predicted molar refractivity (Wildman–Crippen MR) is 83.2 cm³/mol. The first-order chi connectivity index (χ1) is 8.97. The summed E-state index contributed by atoms with van der Waals surface area (Å²) in [5.74, 6) is 2.00. The van der Waals surface area contributed by atoms with E-state index in [1.165, 1.54) is 41.8 Å². The zero-order valence-corrected chi connectivity index (χ0v) is 13.0. The lowest BCUT2D eigenvalue weighted by atomic mass is 9.92. The van der Waals surface area contributed by atoms with Gasteiger partial charge in [-0.15, -0.1) is 0 Å². The van der Waals surface area contributed by atoms with Crippen LogP contribution in [0.3, 0.4) is 0 Å². The fourth-order valence-corrected chi connectivity index (χ4v) is 3.02. The quantitative estimate of drug-likeness (QED) is 0.723. The maximum atomic E-state index is 4.90. The zero-order chi connectivity index (χ0) is 14.0. The van der Waals surface area contributed by atoms with Gasteiger partial charge in [0.15, 0.2) is 0 Å². The molecule has 0 aromatic carbocycles. The van der Waals surface area contributed by atoms with E-state index in [9.17, 15) is 0 Å². The van der Waals surface area contributed by atoms with Crippen molar-refractivity contribution >= 4 is 5.57 Å². The van der Waals surface area contributed by atoms with E-state index in [0.717, 1.165) is 11.8 Å². The summed E-state index contributed by atoms with van der Waals surface area (Å²) in [5, 5.41) is 0. The first-order valence-electron chi connectivity index (χ1n) is 7.66. The van der Waals surface area contributed by atoms with E-state index in [1.54, 1.807) is 0 Å². The Labute approximate surface area is 118 Å². The molecule has 1 aromatic rings. The van der Waals surface area contributed by atoms with E-state index in [-0.39, 0.29) is 0 Å². The van der Waals surface area contributed by atoms with Crippen LogP contribution in [0.2, 0.25) is 0 Å². The Hall–Kier alpha value is -1.11. The van der Waals surface area contributed by atoms with E-state index in [1.807, 2.05) is 0 Å². The van der Waals surface area contributed by atoms with Gasteiger partial charge in [-0.05, 0) is 61.1 Å². The minimum absolute atomic E-state index is 0.507. The minimum atomic E-state index is 0.507. The smallest absolute Gasteiger partial charge is 0.0691 e. The van der Waals surface area contributed by atoms with E-state index < -0.39 is 0 Å². The Kier molecular flexibility index (Phi) is 4.44. The highest BCUT2D eigenvalue weighted by Crippen LogP contribution is 2.30. The predicted octanol–water partition coefficient (Wildman–Crippen LogP) is 5.22. The van der Waals surface area contributed by atoms with Crippen LogP contribution in [-0.4, -0.2) is 4.98 Å². The maximum Gasteiger partial charge on any atom is 0.0691 e. The van der Waals surface area contributed by atoms with Crippen LogP contribution in [0.25, 0.3) is 5.57 Å². The monoisotopic (exact) mass is 257 g/mol. The summed E-state index contributed by atoms with van der Waals surface area (Å²) in [5.41, 5.74) is 5.27. The highest BCUT2D eigenvalue weighted by Gasteiger charge is 2.17. The topological polar surface area (TPSA) is 12.9 Å². The van der Waals surface area contributed by atoms with Gasteiger partial charge < -0.3 is 0 Å². The Balaban J connectivity index is 2.31. The molecule has 1 atom stereocenters. The molecule has 0 fully saturated rings. The molecule has 0 saturated carbocycles. The summed E-state index contributed by atoms with van der Waals surface area (Å²) in [4.78, 5) is 4.90. The average molecular weight is 257 g/mol. The second kappa shape index (κ2) is 5.90. The fourth-order valence-electron chi connectivity index (χ4n) is 3.02. The molecular weight excluding hydrogens is 230 g/mol. The molecule has 0 bridgehead atoms. The Morgan fingerprint density at radius 2 is 1.95 bits per heavy atom. The number of hydrogen-bond donors (Lipinski definition) is 0. The third-order valence-electron chi connectivity index (χ3n) is 4.01. The molecule has 1 aliphatic carbocycles. The molecule has 1 unspecified atom stereocenters. The van der Waals surface area contributed by atoms with E-state index >= 15 is 0 Å². The number of aryl methyl sites for hydroxylation is 1. The van der Waals surface area contributed by atoms with Crippen LogP contribution in [0, 0.1) is 11.8 Å². The molecule has 1 aliphatic rings. The van der Waals surface area contributed by atoms with Gasteiger partial charge in [0.05, 0.1) is 5.69 Å². The second-order valence-electron chi connectivity index (χ2n) is 6.68. The van der Waals surface area contributed by atoms with Crippen molar-refractivity contribution in [1.82, 2.24) is 4.98 Å². The van der Waals surface area contributed by atoms with Gasteiger partial charge in [0, 0.05) is 5.69 Å². The average Bonchev–Trinajstić information content (AvgIpc) is 2.48. The number of nitrogens with zero attached hydrogens (tertiary/aromatic N) is 1. The highest BCUT2D eigenvalue weighted by atomic mass is 14.7. The number of rotatable bonds is 3. The summed E-state index contributed by atoms with van der Waals surface area (Å²) in [6.45, 7) is 11.3. The van der Waals surface area contributed by atoms with Crippen LogP contribution in [0.1, 0.15) is 70.3 Å². The molecule has 0 spiro atoms. The lowest BCUT2D eigenvalue weighted by Gasteiger charge is -2.13. The van der Waals surface area contributed by atoms with Crippen molar-refractivity contribution < 1.29 is 0 Å². The largest absolute Gasteiger partial charge is 0.253 e. The molecule has 1 heterocycles. The SMILES string of the molecule is CC1=CC(CC(C)C)CCc2ccc(C(C)C)nc21. The van der Waals surface area contributed by atoms with Crippen molar-refractivity contribution in [3.63, 3.8) is 0 Å². The summed E-state index contributed by atoms with van der Waals surface area (Å²) >= 11 is 0. The third kappa shape index (κ3) is 3.46. The second-order valence-corrected chi connectivity index (χ2v) is 6.68. The van der Waals surface area contributed by atoms with Crippen molar-refractivity contribution in [3.8, 4) is 0 Å². The van der Waals surface area contributed by atoms with E-state index in [4.69, 9.17) is 4.98 Å². The molecule has 19 heavy (non-hydrogen) atoms. The zero-order valence-electron chi connectivity index (χ0n) is 13.0. The first-order valence-corrected chi connectivity index (χ1v) is 7.66. The van der Waals surface area contributed by atoms with Crippen LogP contribution in [0.4, 0.5) is 0 Å². The number of hydrogen-bond acceptors (Lipinski definition) is 1. The van der Waals surface area contributed by atoms with Crippen LogP contribution in [0.5, 0.6) is 0 Å². The third-order valence-corrected chi connectivity index (χ3v) is 4.01. The number of aromatic nitrogens is 1.